The molecule has 3 heterocycles. The van der Waals surface area contributed by atoms with E-state index in [0.29, 0.717) is 32.1 Å². The van der Waals surface area contributed by atoms with E-state index in [2.05, 4.69) is 19.9 Å². The molecule has 0 bridgehead atoms. The van der Waals surface area contributed by atoms with Gasteiger partial charge in [0.2, 0.25) is 16.0 Å². The Hall–Kier alpha value is -1.87. The summed E-state index contributed by atoms with van der Waals surface area (Å²) in [5.74, 6) is 1.50. The van der Waals surface area contributed by atoms with E-state index in [4.69, 9.17) is 0 Å². The van der Waals surface area contributed by atoms with Gasteiger partial charge in [0.05, 0.1) is 11.6 Å². The van der Waals surface area contributed by atoms with E-state index in [-0.39, 0.29) is 0 Å². The van der Waals surface area contributed by atoms with Crippen LogP contribution in [-0.2, 0) is 10.0 Å². The molecule has 23 heavy (non-hydrogen) atoms. The van der Waals surface area contributed by atoms with E-state index in [1.54, 1.807) is 0 Å². The molecule has 126 valence electrons. The van der Waals surface area contributed by atoms with Crippen LogP contribution in [0.3, 0.4) is 0 Å². The summed E-state index contributed by atoms with van der Waals surface area (Å²) < 4.78 is 24.8. The van der Waals surface area contributed by atoms with E-state index in [0.717, 1.165) is 22.5 Å². The molecule has 0 spiro atoms. The zero-order valence-electron chi connectivity index (χ0n) is 13.9. The van der Waals surface area contributed by atoms with Gasteiger partial charge in [-0.2, -0.15) is 14.3 Å². The van der Waals surface area contributed by atoms with Crippen LogP contribution in [-0.4, -0.2) is 74.2 Å². The number of piperazine rings is 1. The first-order chi connectivity index (χ1) is 10.8. The molecule has 1 aliphatic rings. The molecule has 2 aromatic rings. The summed E-state index contributed by atoms with van der Waals surface area (Å²) in [6.45, 7) is 4.19. The van der Waals surface area contributed by atoms with Crippen LogP contribution in [0.2, 0.25) is 0 Å². The smallest absolute Gasteiger partial charge is 0.228 e. The maximum atomic E-state index is 11.7. The average molecular weight is 338 g/mol. The third kappa shape index (κ3) is 3.11. The molecular formula is C14H22N6O2S. The largest absolute Gasteiger partial charge is 0.353 e. The molecule has 0 amide bonds. The maximum absolute atomic E-state index is 11.7. The van der Waals surface area contributed by atoms with Crippen molar-refractivity contribution in [1.82, 2.24) is 19.3 Å². The number of fused-ring (bicyclic) bond motifs is 1. The number of hydrogen-bond acceptors (Lipinski definition) is 6. The Labute approximate surface area is 136 Å². The molecule has 0 saturated carbocycles. The number of rotatable bonds is 3. The van der Waals surface area contributed by atoms with Crippen molar-refractivity contribution in [2.45, 2.75) is 6.92 Å². The summed E-state index contributed by atoms with van der Waals surface area (Å²) in [5, 5.41) is 0.973. The van der Waals surface area contributed by atoms with Crippen molar-refractivity contribution in [1.29, 1.82) is 0 Å². The first-order valence-corrected chi connectivity index (χ1v) is 9.35. The van der Waals surface area contributed by atoms with Crippen molar-refractivity contribution in [2.75, 3.05) is 56.3 Å². The lowest BCUT2D eigenvalue weighted by molar-refractivity contribution is 0.387. The van der Waals surface area contributed by atoms with E-state index in [9.17, 15) is 8.42 Å². The Morgan fingerprint density at radius 3 is 2.39 bits per heavy atom. The normalized spacial score (nSPS) is 17.0. The van der Waals surface area contributed by atoms with Crippen molar-refractivity contribution in [3.63, 3.8) is 0 Å². The number of sulfonamides is 1. The number of nitrogens with one attached hydrogen (secondary N) is 1. The fourth-order valence-corrected chi connectivity index (χ4v) is 3.61. The summed E-state index contributed by atoms with van der Waals surface area (Å²) >= 11 is 0. The quantitative estimate of drug-likeness (QED) is 0.873. The van der Waals surface area contributed by atoms with E-state index in [1.165, 1.54) is 10.6 Å². The molecular weight excluding hydrogens is 316 g/mol. The van der Waals surface area contributed by atoms with Crippen LogP contribution < -0.4 is 9.80 Å². The number of hydrogen-bond donors (Lipinski definition) is 1. The number of nitrogens with zero attached hydrogens (tertiary/aromatic N) is 5. The van der Waals surface area contributed by atoms with Gasteiger partial charge in [0, 0.05) is 46.0 Å². The Kier molecular flexibility index (Phi) is 3.93. The average Bonchev–Trinajstić information content (AvgIpc) is 2.85. The van der Waals surface area contributed by atoms with Crippen LogP contribution >= 0.6 is 0 Å². The van der Waals surface area contributed by atoms with Gasteiger partial charge in [-0.15, -0.1) is 0 Å². The first-order valence-electron chi connectivity index (χ1n) is 7.50. The summed E-state index contributed by atoms with van der Waals surface area (Å²) in [7, 11) is 0.678. The minimum atomic E-state index is -3.13. The van der Waals surface area contributed by atoms with Crippen molar-refractivity contribution in [3.05, 3.63) is 11.8 Å². The van der Waals surface area contributed by atoms with Crippen LogP contribution in [0, 0.1) is 6.92 Å². The van der Waals surface area contributed by atoms with Gasteiger partial charge in [-0.25, -0.2) is 8.42 Å². The number of H-pyrrole nitrogens is 1. The second kappa shape index (κ2) is 5.64. The fraction of sp³-hybridized carbons (Fsp3) is 0.571. The Bertz CT molecular complexity index is 821. The fourth-order valence-electron chi connectivity index (χ4n) is 2.79. The highest BCUT2D eigenvalue weighted by Crippen LogP contribution is 2.27. The lowest BCUT2D eigenvalue weighted by Gasteiger charge is -2.34. The zero-order chi connectivity index (χ0) is 16.8. The molecule has 0 aromatic carbocycles. The first kappa shape index (κ1) is 16.0. The number of aromatic amines is 1. The van der Waals surface area contributed by atoms with Crippen molar-refractivity contribution in [2.24, 2.45) is 0 Å². The van der Waals surface area contributed by atoms with Gasteiger partial charge < -0.3 is 14.8 Å². The van der Waals surface area contributed by atoms with Crippen LogP contribution in [0.25, 0.3) is 11.0 Å². The lowest BCUT2D eigenvalue weighted by Crippen LogP contribution is -2.48. The summed E-state index contributed by atoms with van der Waals surface area (Å²) in [5.41, 5.74) is 1.84. The number of aromatic nitrogens is 3. The van der Waals surface area contributed by atoms with E-state index < -0.39 is 10.0 Å². The molecule has 1 N–H and O–H groups in total. The van der Waals surface area contributed by atoms with Gasteiger partial charge in [0.1, 0.15) is 11.5 Å². The van der Waals surface area contributed by atoms with Gasteiger partial charge in [-0.05, 0) is 13.0 Å². The minimum absolute atomic E-state index is 0.477. The highest BCUT2D eigenvalue weighted by Gasteiger charge is 2.26. The highest BCUT2D eigenvalue weighted by atomic mass is 32.2. The summed E-state index contributed by atoms with van der Waals surface area (Å²) in [6.07, 6.45) is 1.26. The minimum Gasteiger partial charge on any atom is -0.353 e. The standard InChI is InChI=1S/C14H22N6O2S/c1-10-9-11-12(15-10)16-14(18(2)3)17-13(11)19-5-7-20(8-6-19)23(4,21)22/h9H,5-8H2,1-4H3,(H,15,16,17). The maximum Gasteiger partial charge on any atom is 0.228 e. The van der Waals surface area contributed by atoms with Gasteiger partial charge in [-0.3, -0.25) is 0 Å². The lowest BCUT2D eigenvalue weighted by atomic mass is 10.3. The number of anilines is 2. The third-order valence-corrected chi connectivity index (χ3v) is 5.30. The van der Waals surface area contributed by atoms with Crippen LogP contribution in [0.5, 0.6) is 0 Å². The molecule has 0 atom stereocenters. The molecule has 1 fully saturated rings. The second-order valence-corrected chi connectivity index (χ2v) is 8.09. The Morgan fingerprint density at radius 1 is 1.17 bits per heavy atom. The molecule has 1 saturated heterocycles. The topological polar surface area (TPSA) is 85.4 Å². The van der Waals surface area contributed by atoms with Crippen LogP contribution in [0.4, 0.5) is 11.8 Å². The molecule has 2 aromatic heterocycles. The van der Waals surface area contributed by atoms with Crippen LogP contribution in [0.15, 0.2) is 6.07 Å². The van der Waals surface area contributed by atoms with Gasteiger partial charge in [-0.1, -0.05) is 0 Å². The third-order valence-electron chi connectivity index (χ3n) is 4.00. The van der Waals surface area contributed by atoms with Gasteiger partial charge in [0.15, 0.2) is 0 Å². The number of aryl methyl sites for hydroxylation is 1. The monoisotopic (exact) mass is 338 g/mol. The SMILES string of the molecule is Cc1cc2c(N3CCN(S(C)(=O)=O)CC3)nc(N(C)C)nc2[nH]1. The van der Waals surface area contributed by atoms with Crippen molar-refractivity contribution in [3.8, 4) is 0 Å². The predicted octanol–water partition coefficient (Wildman–Crippen LogP) is 0.414. The molecule has 0 aliphatic carbocycles. The summed E-state index contributed by atoms with van der Waals surface area (Å²) in [4.78, 5) is 16.5. The van der Waals surface area contributed by atoms with Crippen molar-refractivity contribution < 1.29 is 8.42 Å². The van der Waals surface area contributed by atoms with Gasteiger partial charge >= 0.3 is 0 Å². The Balaban J connectivity index is 1.96. The zero-order valence-corrected chi connectivity index (χ0v) is 14.7. The van der Waals surface area contributed by atoms with Crippen LogP contribution in [0.1, 0.15) is 5.69 Å². The predicted molar refractivity (Wildman–Crippen MR) is 91.6 cm³/mol. The molecule has 0 radical (unpaired) electrons. The van der Waals surface area contributed by atoms with E-state index >= 15 is 0 Å². The molecule has 0 unspecified atom stereocenters. The van der Waals surface area contributed by atoms with Crippen molar-refractivity contribution >= 4 is 32.8 Å². The second-order valence-electron chi connectivity index (χ2n) is 6.11. The molecule has 3 rings (SSSR count). The Morgan fingerprint density at radius 2 is 1.83 bits per heavy atom. The summed E-state index contributed by atoms with van der Waals surface area (Å²) in [6, 6.07) is 2.03. The molecule has 8 nitrogen and oxygen atoms in total. The van der Waals surface area contributed by atoms with Gasteiger partial charge in [0.25, 0.3) is 0 Å². The molecule has 9 heteroatoms. The highest BCUT2D eigenvalue weighted by molar-refractivity contribution is 7.88. The molecule has 1 aliphatic heterocycles. The van der Waals surface area contributed by atoms with E-state index in [1.807, 2.05) is 32.0 Å².